The van der Waals surface area contributed by atoms with Gasteiger partial charge >= 0.3 is 0 Å². The molecule has 0 aliphatic carbocycles. The highest BCUT2D eigenvalue weighted by Gasteiger charge is 2.17. The molecule has 0 N–H and O–H groups in total. The van der Waals surface area contributed by atoms with Crippen LogP contribution in [0.1, 0.15) is 36.4 Å². The average molecular weight is 422 g/mol. The van der Waals surface area contributed by atoms with Gasteiger partial charge in [-0.1, -0.05) is 60.2 Å². The van der Waals surface area contributed by atoms with Crippen LogP contribution in [0.4, 0.5) is 0 Å². The molecule has 30 heavy (non-hydrogen) atoms. The van der Waals surface area contributed by atoms with Crippen LogP contribution < -0.4 is 4.74 Å². The van der Waals surface area contributed by atoms with E-state index in [0.717, 1.165) is 40.8 Å². The fourth-order valence-corrected chi connectivity index (χ4v) is 3.79. The van der Waals surface area contributed by atoms with E-state index in [1.807, 2.05) is 66.1 Å². The third kappa shape index (κ3) is 4.71. The lowest BCUT2D eigenvalue weighted by atomic mass is 10.2. The van der Waals surface area contributed by atoms with Gasteiger partial charge in [-0.15, -0.1) is 10.2 Å². The molecule has 154 valence electrons. The number of benzene rings is 2. The second-order valence-electron chi connectivity index (χ2n) is 6.77. The van der Waals surface area contributed by atoms with Crippen molar-refractivity contribution in [1.82, 2.24) is 24.9 Å². The molecule has 2 aromatic carbocycles. The summed E-state index contributed by atoms with van der Waals surface area (Å²) in [4.78, 5) is 4.43. The molecule has 0 fully saturated rings. The van der Waals surface area contributed by atoms with Crippen molar-refractivity contribution in [3.8, 4) is 11.4 Å². The molecule has 4 rings (SSSR count). The molecule has 0 spiro atoms. The van der Waals surface area contributed by atoms with Gasteiger partial charge in [0.25, 0.3) is 0 Å². The number of rotatable bonds is 9. The number of nitrogens with zero attached hydrogens (tertiary/aromatic N) is 5. The Kier molecular flexibility index (Phi) is 6.44. The molecule has 7 nitrogen and oxygen atoms in total. The third-order valence-electron chi connectivity index (χ3n) is 4.47. The van der Waals surface area contributed by atoms with Crippen molar-refractivity contribution in [3.63, 3.8) is 0 Å². The maximum absolute atomic E-state index is 6.02. The summed E-state index contributed by atoms with van der Waals surface area (Å²) in [6, 6.07) is 18.0. The van der Waals surface area contributed by atoms with Gasteiger partial charge in [-0.2, -0.15) is 4.98 Å². The van der Waals surface area contributed by atoms with Crippen LogP contribution in [-0.2, 0) is 18.8 Å². The minimum atomic E-state index is 0.316. The van der Waals surface area contributed by atoms with Crippen LogP contribution >= 0.6 is 11.8 Å². The molecule has 0 saturated carbocycles. The van der Waals surface area contributed by atoms with Crippen molar-refractivity contribution in [2.45, 2.75) is 44.2 Å². The standard InChI is InChI=1S/C22H23N5O2S/c1-3-9-21-23-19(26-29-21)15-30-22-25-24-20(27(22)17-11-5-4-6-12-17)14-28-18-13-8-7-10-16(18)2/h4-8,10-13H,3,9,14-15H2,1-2H3. The lowest BCUT2D eigenvalue weighted by Crippen LogP contribution is -2.07. The van der Waals surface area contributed by atoms with E-state index in [-0.39, 0.29) is 0 Å². The Morgan fingerprint density at radius 1 is 1.03 bits per heavy atom. The first-order valence-corrected chi connectivity index (χ1v) is 10.9. The highest BCUT2D eigenvalue weighted by molar-refractivity contribution is 7.98. The molecule has 8 heteroatoms. The zero-order valence-electron chi connectivity index (χ0n) is 17.0. The number of aryl methyl sites for hydroxylation is 2. The summed E-state index contributed by atoms with van der Waals surface area (Å²) in [5.41, 5.74) is 2.06. The number of ether oxygens (including phenoxy) is 1. The first kappa shape index (κ1) is 20.2. The SMILES string of the molecule is CCCc1nc(CSc2nnc(COc3ccccc3C)n2-c2ccccc2)no1. The van der Waals surface area contributed by atoms with Gasteiger partial charge in [-0.3, -0.25) is 4.57 Å². The Morgan fingerprint density at radius 3 is 2.63 bits per heavy atom. The van der Waals surface area contributed by atoms with Crippen LogP contribution in [0.5, 0.6) is 5.75 Å². The average Bonchev–Trinajstić information content (AvgIpc) is 3.39. The summed E-state index contributed by atoms with van der Waals surface area (Å²) in [6.45, 7) is 4.42. The topological polar surface area (TPSA) is 78.9 Å². The summed E-state index contributed by atoms with van der Waals surface area (Å²) in [6.07, 6.45) is 1.76. The minimum absolute atomic E-state index is 0.316. The van der Waals surface area contributed by atoms with E-state index in [0.29, 0.717) is 24.1 Å². The highest BCUT2D eigenvalue weighted by atomic mass is 32.2. The normalized spacial score (nSPS) is 11.0. The molecule has 0 aliphatic heterocycles. The second-order valence-corrected chi connectivity index (χ2v) is 7.71. The molecule has 0 unspecified atom stereocenters. The van der Waals surface area contributed by atoms with Crippen molar-refractivity contribution in [3.05, 3.63) is 77.7 Å². The third-order valence-corrected chi connectivity index (χ3v) is 5.39. The van der Waals surface area contributed by atoms with Crippen molar-refractivity contribution < 1.29 is 9.26 Å². The van der Waals surface area contributed by atoms with E-state index in [4.69, 9.17) is 9.26 Å². The van der Waals surface area contributed by atoms with Gasteiger partial charge in [-0.25, -0.2) is 0 Å². The van der Waals surface area contributed by atoms with Crippen LogP contribution in [-0.4, -0.2) is 24.9 Å². The maximum Gasteiger partial charge on any atom is 0.226 e. The first-order chi connectivity index (χ1) is 14.7. The molecule has 0 radical (unpaired) electrons. The number of para-hydroxylation sites is 2. The Bertz CT molecular complexity index is 1090. The number of hydrogen-bond acceptors (Lipinski definition) is 7. The smallest absolute Gasteiger partial charge is 0.226 e. The van der Waals surface area contributed by atoms with Crippen molar-refractivity contribution in [2.24, 2.45) is 0 Å². The molecule has 4 aromatic rings. The van der Waals surface area contributed by atoms with Gasteiger partial charge in [0.2, 0.25) is 5.89 Å². The summed E-state index contributed by atoms with van der Waals surface area (Å²) in [7, 11) is 0. The fourth-order valence-electron chi connectivity index (χ4n) is 2.98. The number of thioether (sulfide) groups is 1. The van der Waals surface area contributed by atoms with Gasteiger partial charge in [0.15, 0.2) is 16.8 Å². The number of hydrogen-bond donors (Lipinski definition) is 0. The van der Waals surface area contributed by atoms with E-state index in [2.05, 4.69) is 27.3 Å². The summed E-state index contributed by atoms with van der Waals surface area (Å²) in [5, 5.41) is 13.6. The van der Waals surface area contributed by atoms with E-state index in [1.165, 1.54) is 11.8 Å². The van der Waals surface area contributed by atoms with Crippen LogP contribution in [0.2, 0.25) is 0 Å². The largest absolute Gasteiger partial charge is 0.485 e. The summed E-state index contributed by atoms with van der Waals surface area (Å²) in [5.74, 6) is 3.45. The lowest BCUT2D eigenvalue weighted by molar-refractivity contribution is 0.291. The summed E-state index contributed by atoms with van der Waals surface area (Å²) < 4.78 is 13.3. The monoisotopic (exact) mass is 421 g/mol. The van der Waals surface area contributed by atoms with Crippen molar-refractivity contribution in [2.75, 3.05) is 0 Å². The molecular weight excluding hydrogens is 398 g/mol. The Morgan fingerprint density at radius 2 is 1.83 bits per heavy atom. The molecule has 0 amide bonds. The summed E-state index contributed by atoms with van der Waals surface area (Å²) >= 11 is 1.52. The minimum Gasteiger partial charge on any atom is -0.485 e. The van der Waals surface area contributed by atoms with Crippen LogP contribution in [0, 0.1) is 6.92 Å². The molecule has 0 aliphatic rings. The predicted molar refractivity (Wildman–Crippen MR) is 115 cm³/mol. The Labute approximate surface area is 179 Å². The van der Waals surface area contributed by atoms with Gasteiger partial charge in [0, 0.05) is 12.1 Å². The quantitative estimate of drug-likeness (QED) is 0.360. The maximum atomic E-state index is 6.02. The van der Waals surface area contributed by atoms with E-state index < -0.39 is 0 Å². The predicted octanol–water partition coefficient (Wildman–Crippen LogP) is 4.78. The van der Waals surface area contributed by atoms with Gasteiger partial charge < -0.3 is 9.26 Å². The molecule has 0 atom stereocenters. The molecular formula is C22H23N5O2S. The van der Waals surface area contributed by atoms with Crippen LogP contribution in [0.15, 0.2) is 64.3 Å². The Hall–Kier alpha value is -3.13. The zero-order chi connectivity index (χ0) is 20.8. The van der Waals surface area contributed by atoms with E-state index in [1.54, 1.807) is 0 Å². The molecule has 2 aromatic heterocycles. The number of aromatic nitrogens is 5. The van der Waals surface area contributed by atoms with Crippen LogP contribution in [0.25, 0.3) is 5.69 Å². The fraction of sp³-hybridized carbons (Fsp3) is 0.273. The van der Waals surface area contributed by atoms with E-state index in [9.17, 15) is 0 Å². The van der Waals surface area contributed by atoms with Crippen LogP contribution in [0.3, 0.4) is 0 Å². The zero-order valence-corrected chi connectivity index (χ0v) is 17.8. The van der Waals surface area contributed by atoms with E-state index >= 15 is 0 Å². The second kappa shape index (κ2) is 9.58. The highest BCUT2D eigenvalue weighted by Crippen LogP contribution is 2.26. The van der Waals surface area contributed by atoms with Crippen molar-refractivity contribution >= 4 is 11.8 Å². The molecule has 2 heterocycles. The van der Waals surface area contributed by atoms with Crippen molar-refractivity contribution in [1.29, 1.82) is 0 Å². The molecule has 0 bridgehead atoms. The lowest BCUT2D eigenvalue weighted by Gasteiger charge is -2.11. The molecule has 0 saturated heterocycles. The Balaban J connectivity index is 1.55. The van der Waals surface area contributed by atoms with Gasteiger partial charge in [-0.05, 0) is 37.1 Å². The van der Waals surface area contributed by atoms with Gasteiger partial charge in [0.1, 0.15) is 12.4 Å². The van der Waals surface area contributed by atoms with Gasteiger partial charge in [0.05, 0.1) is 5.75 Å². The first-order valence-electron chi connectivity index (χ1n) is 9.87.